The van der Waals surface area contributed by atoms with E-state index in [0.29, 0.717) is 6.54 Å². The first-order chi connectivity index (χ1) is 8.56. The summed E-state index contributed by atoms with van der Waals surface area (Å²) < 4.78 is 0. The predicted octanol–water partition coefficient (Wildman–Crippen LogP) is 1.86. The number of benzene rings is 1. The van der Waals surface area contributed by atoms with Gasteiger partial charge in [-0.3, -0.25) is 4.79 Å². The molecule has 0 saturated heterocycles. The van der Waals surface area contributed by atoms with Crippen molar-refractivity contribution >= 4 is 5.91 Å². The fourth-order valence-electron chi connectivity index (χ4n) is 2.24. The lowest BCUT2D eigenvalue weighted by Crippen LogP contribution is -2.32. The smallest absolute Gasteiger partial charge is 0.229 e. The van der Waals surface area contributed by atoms with Crippen LogP contribution in [-0.2, 0) is 11.3 Å². The van der Waals surface area contributed by atoms with Gasteiger partial charge in [0.25, 0.3) is 0 Å². The van der Waals surface area contributed by atoms with E-state index >= 15 is 0 Å². The van der Waals surface area contributed by atoms with E-state index in [1.165, 1.54) is 5.56 Å². The molecule has 0 aliphatic heterocycles. The zero-order chi connectivity index (χ0) is 13.1. The zero-order valence-corrected chi connectivity index (χ0v) is 11.0. The first-order valence-corrected chi connectivity index (χ1v) is 6.30. The minimum atomic E-state index is -0.0459. The summed E-state index contributed by atoms with van der Waals surface area (Å²) in [6.07, 6.45) is 4.58. The van der Waals surface area contributed by atoms with Gasteiger partial charge in [0, 0.05) is 19.6 Å². The molecule has 1 aliphatic carbocycles. The number of hydrogen-bond donors (Lipinski definition) is 1. The number of carbonyl (C=O) groups excluding carboxylic acids is 1. The van der Waals surface area contributed by atoms with Gasteiger partial charge in [0.15, 0.2) is 0 Å². The molecule has 2 atom stereocenters. The molecule has 0 aromatic heterocycles. The molecule has 96 valence electrons. The predicted molar refractivity (Wildman–Crippen MR) is 72.9 cm³/mol. The van der Waals surface area contributed by atoms with Crippen molar-refractivity contribution in [2.45, 2.75) is 25.9 Å². The van der Waals surface area contributed by atoms with E-state index in [9.17, 15) is 4.79 Å². The fourth-order valence-corrected chi connectivity index (χ4v) is 2.24. The minimum Gasteiger partial charge on any atom is -0.341 e. The Balaban J connectivity index is 1.95. The van der Waals surface area contributed by atoms with Crippen molar-refractivity contribution in [2.24, 2.45) is 11.7 Å². The lowest BCUT2D eigenvalue weighted by molar-refractivity contribution is -0.133. The second kappa shape index (κ2) is 5.36. The average Bonchev–Trinajstić information content (AvgIpc) is 2.78. The number of nitrogens with zero attached hydrogens (tertiary/aromatic N) is 1. The Morgan fingerprint density at radius 1 is 1.33 bits per heavy atom. The Labute approximate surface area is 108 Å². The number of amides is 1. The summed E-state index contributed by atoms with van der Waals surface area (Å²) in [5.41, 5.74) is 8.16. The van der Waals surface area contributed by atoms with E-state index in [0.717, 1.165) is 12.0 Å². The number of hydrogen-bond acceptors (Lipinski definition) is 2. The van der Waals surface area contributed by atoms with E-state index in [2.05, 4.69) is 31.2 Å². The van der Waals surface area contributed by atoms with E-state index in [1.807, 2.05) is 19.2 Å². The Morgan fingerprint density at radius 3 is 2.56 bits per heavy atom. The normalized spacial score (nSPS) is 22.2. The molecular weight excluding hydrogens is 224 g/mol. The second-order valence-corrected chi connectivity index (χ2v) is 5.07. The van der Waals surface area contributed by atoms with Crippen LogP contribution in [0.1, 0.15) is 17.5 Å². The van der Waals surface area contributed by atoms with Crippen LogP contribution >= 0.6 is 0 Å². The maximum absolute atomic E-state index is 12.2. The van der Waals surface area contributed by atoms with Gasteiger partial charge in [-0.1, -0.05) is 42.0 Å². The molecule has 18 heavy (non-hydrogen) atoms. The van der Waals surface area contributed by atoms with E-state index in [-0.39, 0.29) is 17.9 Å². The SMILES string of the molecule is Cc1ccc(CN(C)C(=O)C2C=CC(N)C2)cc1. The van der Waals surface area contributed by atoms with Crippen LogP contribution in [0.4, 0.5) is 0 Å². The summed E-state index contributed by atoms with van der Waals surface area (Å²) in [5, 5.41) is 0. The first-order valence-electron chi connectivity index (χ1n) is 6.30. The van der Waals surface area contributed by atoms with E-state index in [1.54, 1.807) is 4.90 Å². The van der Waals surface area contributed by atoms with Crippen molar-refractivity contribution < 1.29 is 4.79 Å². The third-order valence-corrected chi connectivity index (χ3v) is 3.35. The van der Waals surface area contributed by atoms with Gasteiger partial charge in [-0.05, 0) is 18.9 Å². The van der Waals surface area contributed by atoms with Crippen LogP contribution in [0.3, 0.4) is 0 Å². The molecule has 0 heterocycles. The summed E-state index contributed by atoms with van der Waals surface area (Å²) in [5.74, 6) is 0.107. The fraction of sp³-hybridized carbons (Fsp3) is 0.400. The summed E-state index contributed by atoms with van der Waals surface area (Å²) >= 11 is 0. The summed E-state index contributed by atoms with van der Waals surface area (Å²) in [6, 6.07) is 8.30. The summed E-state index contributed by atoms with van der Waals surface area (Å²) in [6.45, 7) is 2.71. The molecule has 1 aromatic carbocycles. The van der Waals surface area contributed by atoms with Gasteiger partial charge in [-0.2, -0.15) is 0 Å². The molecule has 0 radical (unpaired) electrons. The average molecular weight is 244 g/mol. The highest BCUT2D eigenvalue weighted by atomic mass is 16.2. The van der Waals surface area contributed by atoms with E-state index in [4.69, 9.17) is 5.73 Å². The molecule has 0 bridgehead atoms. The lowest BCUT2D eigenvalue weighted by Gasteiger charge is -2.20. The van der Waals surface area contributed by atoms with Gasteiger partial charge in [-0.15, -0.1) is 0 Å². The van der Waals surface area contributed by atoms with Crippen molar-refractivity contribution in [3.05, 3.63) is 47.5 Å². The number of carbonyl (C=O) groups is 1. The standard InChI is InChI=1S/C15H20N2O/c1-11-3-5-12(6-4-11)10-17(2)15(18)13-7-8-14(16)9-13/h3-8,13-14H,9-10,16H2,1-2H3. The largest absolute Gasteiger partial charge is 0.341 e. The van der Waals surface area contributed by atoms with Crippen LogP contribution in [0.15, 0.2) is 36.4 Å². The molecule has 0 spiro atoms. The van der Waals surface area contributed by atoms with Crippen molar-refractivity contribution in [3.63, 3.8) is 0 Å². The van der Waals surface area contributed by atoms with Crippen LogP contribution in [0.5, 0.6) is 0 Å². The van der Waals surface area contributed by atoms with Crippen molar-refractivity contribution in [1.82, 2.24) is 4.90 Å². The third kappa shape index (κ3) is 2.99. The van der Waals surface area contributed by atoms with Gasteiger partial charge in [0.05, 0.1) is 5.92 Å². The van der Waals surface area contributed by atoms with Crippen LogP contribution in [0.2, 0.25) is 0 Å². The van der Waals surface area contributed by atoms with Crippen LogP contribution in [-0.4, -0.2) is 23.9 Å². The van der Waals surface area contributed by atoms with Crippen LogP contribution in [0.25, 0.3) is 0 Å². The maximum Gasteiger partial charge on any atom is 0.229 e. The third-order valence-electron chi connectivity index (χ3n) is 3.35. The topological polar surface area (TPSA) is 46.3 Å². The van der Waals surface area contributed by atoms with Crippen LogP contribution in [0, 0.1) is 12.8 Å². The highest BCUT2D eigenvalue weighted by molar-refractivity contribution is 5.81. The van der Waals surface area contributed by atoms with Gasteiger partial charge in [0.1, 0.15) is 0 Å². The van der Waals surface area contributed by atoms with Crippen molar-refractivity contribution in [2.75, 3.05) is 7.05 Å². The zero-order valence-electron chi connectivity index (χ0n) is 11.0. The molecule has 1 aromatic rings. The summed E-state index contributed by atoms with van der Waals surface area (Å²) in [4.78, 5) is 14.0. The Kier molecular flexibility index (Phi) is 3.82. The molecule has 0 fully saturated rings. The lowest BCUT2D eigenvalue weighted by atomic mass is 10.1. The highest BCUT2D eigenvalue weighted by Gasteiger charge is 2.25. The molecule has 3 heteroatoms. The maximum atomic E-state index is 12.2. The molecule has 3 nitrogen and oxygen atoms in total. The second-order valence-electron chi connectivity index (χ2n) is 5.07. The minimum absolute atomic E-state index is 0.0340. The van der Waals surface area contributed by atoms with Crippen molar-refractivity contribution in [3.8, 4) is 0 Å². The van der Waals surface area contributed by atoms with Gasteiger partial charge in [0.2, 0.25) is 5.91 Å². The number of aryl methyl sites for hydroxylation is 1. The van der Waals surface area contributed by atoms with Gasteiger partial charge >= 0.3 is 0 Å². The highest BCUT2D eigenvalue weighted by Crippen LogP contribution is 2.19. The molecular formula is C15H20N2O. The summed E-state index contributed by atoms with van der Waals surface area (Å²) in [7, 11) is 1.85. The number of rotatable bonds is 3. The van der Waals surface area contributed by atoms with Gasteiger partial charge < -0.3 is 10.6 Å². The van der Waals surface area contributed by atoms with Crippen molar-refractivity contribution in [1.29, 1.82) is 0 Å². The monoisotopic (exact) mass is 244 g/mol. The Morgan fingerprint density at radius 2 is 2.00 bits per heavy atom. The van der Waals surface area contributed by atoms with Gasteiger partial charge in [-0.25, -0.2) is 0 Å². The molecule has 0 saturated carbocycles. The quantitative estimate of drug-likeness (QED) is 0.825. The van der Waals surface area contributed by atoms with Crippen LogP contribution < -0.4 is 5.73 Å². The molecule has 2 N–H and O–H groups in total. The molecule has 1 amide bonds. The Hall–Kier alpha value is -1.61. The first kappa shape index (κ1) is 12.8. The van der Waals surface area contributed by atoms with E-state index < -0.39 is 0 Å². The molecule has 1 aliphatic rings. The number of nitrogens with two attached hydrogens (primary N) is 1. The molecule has 2 rings (SSSR count). The molecule has 2 unspecified atom stereocenters. The Bertz CT molecular complexity index is 450.